The summed E-state index contributed by atoms with van der Waals surface area (Å²) >= 11 is 0. The molecular formula is C14H23P. The fourth-order valence-electron chi connectivity index (χ4n) is 2.03. The first-order valence-electron chi connectivity index (χ1n) is 5.62. The van der Waals surface area contributed by atoms with E-state index in [1.807, 2.05) is 0 Å². The van der Waals surface area contributed by atoms with Gasteiger partial charge in [-0.05, 0) is 24.7 Å². The summed E-state index contributed by atoms with van der Waals surface area (Å²) in [4.78, 5) is 0. The molecule has 0 amide bonds. The lowest BCUT2D eigenvalue weighted by Crippen LogP contribution is -2.29. The summed E-state index contributed by atoms with van der Waals surface area (Å²) in [6, 6.07) is 0. The van der Waals surface area contributed by atoms with Crippen molar-refractivity contribution in [1.29, 1.82) is 0 Å². The van der Waals surface area contributed by atoms with Crippen molar-refractivity contribution < 1.29 is 0 Å². The molecule has 1 atom stereocenters. The predicted molar refractivity (Wildman–Crippen MR) is 73.0 cm³/mol. The minimum absolute atomic E-state index is 0.0748. The zero-order valence-corrected chi connectivity index (χ0v) is 11.3. The summed E-state index contributed by atoms with van der Waals surface area (Å²) in [5.41, 5.74) is 0. The summed E-state index contributed by atoms with van der Waals surface area (Å²) < 4.78 is 0. The Hall–Kier alpha value is -0.350. The SMILES string of the molecule is C=CCC1(P(C)C(C)(C)C)C=CCC=C1. The van der Waals surface area contributed by atoms with Crippen molar-refractivity contribution >= 4 is 7.92 Å². The van der Waals surface area contributed by atoms with Crippen molar-refractivity contribution in [2.75, 3.05) is 6.66 Å². The first-order chi connectivity index (χ1) is 6.92. The first kappa shape index (κ1) is 12.7. The minimum atomic E-state index is -0.0748. The smallest absolute Gasteiger partial charge is 0.0299 e. The molecule has 0 aromatic carbocycles. The van der Waals surface area contributed by atoms with Crippen LogP contribution in [0.1, 0.15) is 33.6 Å². The van der Waals surface area contributed by atoms with Crippen LogP contribution in [0.15, 0.2) is 37.0 Å². The molecule has 0 bridgehead atoms. The van der Waals surface area contributed by atoms with Gasteiger partial charge in [0.2, 0.25) is 0 Å². The number of hydrogen-bond acceptors (Lipinski definition) is 0. The van der Waals surface area contributed by atoms with E-state index in [9.17, 15) is 0 Å². The molecule has 1 heteroatoms. The van der Waals surface area contributed by atoms with Crippen LogP contribution in [0.4, 0.5) is 0 Å². The van der Waals surface area contributed by atoms with Gasteiger partial charge in [-0.2, -0.15) is 0 Å². The average molecular weight is 222 g/mol. The number of allylic oxidation sites excluding steroid dienone is 5. The predicted octanol–water partition coefficient (Wildman–Crippen LogP) is 4.73. The van der Waals surface area contributed by atoms with Gasteiger partial charge >= 0.3 is 0 Å². The quantitative estimate of drug-likeness (QED) is 0.478. The lowest BCUT2D eigenvalue weighted by Gasteiger charge is -2.43. The van der Waals surface area contributed by atoms with E-state index in [-0.39, 0.29) is 13.1 Å². The highest BCUT2D eigenvalue weighted by molar-refractivity contribution is 7.60. The van der Waals surface area contributed by atoms with Gasteiger partial charge in [0.05, 0.1) is 0 Å². The van der Waals surface area contributed by atoms with Crippen molar-refractivity contribution in [3.63, 3.8) is 0 Å². The normalized spacial score (nSPS) is 21.3. The minimum Gasteiger partial charge on any atom is -0.103 e. The van der Waals surface area contributed by atoms with Gasteiger partial charge in [0.1, 0.15) is 0 Å². The summed E-state index contributed by atoms with van der Waals surface area (Å²) in [5, 5.41) is 0.651. The second-order valence-corrected chi connectivity index (χ2v) is 8.55. The van der Waals surface area contributed by atoms with E-state index in [1.54, 1.807) is 0 Å². The third-order valence-electron chi connectivity index (χ3n) is 3.19. The Kier molecular flexibility index (Phi) is 3.95. The molecule has 0 fully saturated rings. The second-order valence-electron chi connectivity index (χ2n) is 5.25. The van der Waals surface area contributed by atoms with E-state index >= 15 is 0 Å². The van der Waals surface area contributed by atoms with Crippen LogP contribution in [0.2, 0.25) is 0 Å². The van der Waals surface area contributed by atoms with Gasteiger partial charge in [0.25, 0.3) is 0 Å². The summed E-state index contributed by atoms with van der Waals surface area (Å²) in [6.07, 6.45) is 13.6. The molecule has 0 radical (unpaired) electrons. The monoisotopic (exact) mass is 222 g/mol. The molecule has 0 saturated carbocycles. The largest absolute Gasteiger partial charge is 0.103 e. The Morgan fingerprint density at radius 3 is 2.27 bits per heavy atom. The van der Waals surface area contributed by atoms with Gasteiger partial charge < -0.3 is 0 Å². The Morgan fingerprint density at radius 2 is 1.87 bits per heavy atom. The van der Waals surface area contributed by atoms with E-state index in [0.29, 0.717) is 5.16 Å². The van der Waals surface area contributed by atoms with Gasteiger partial charge in [0.15, 0.2) is 0 Å². The van der Waals surface area contributed by atoms with Crippen LogP contribution in [-0.4, -0.2) is 17.0 Å². The molecule has 0 nitrogen and oxygen atoms in total. The third kappa shape index (κ3) is 2.82. The maximum atomic E-state index is 3.91. The van der Waals surface area contributed by atoms with Crippen LogP contribution in [0, 0.1) is 0 Å². The molecular weight excluding hydrogens is 199 g/mol. The Balaban J connectivity index is 3.00. The fraction of sp³-hybridized carbons (Fsp3) is 0.571. The van der Waals surface area contributed by atoms with Crippen LogP contribution in [0.25, 0.3) is 0 Å². The Bertz CT molecular complexity index is 266. The Labute approximate surface area is 95.9 Å². The third-order valence-corrected chi connectivity index (χ3v) is 6.93. The molecule has 0 aromatic heterocycles. The van der Waals surface area contributed by atoms with Crippen molar-refractivity contribution in [1.82, 2.24) is 0 Å². The molecule has 0 heterocycles. The van der Waals surface area contributed by atoms with Gasteiger partial charge in [0, 0.05) is 5.16 Å². The molecule has 0 spiro atoms. The fourth-order valence-corrected chi connectivity index (χ4v) is 4.34. The van der Waals surface area contributed by atoms with Crippen molar-refractivity contribution in [3.8, 4) is 0 Å². The maximum Gasteiger partial charge on any atom is 0.0299 e. The lowest BCUT2D eigenvalue weighted by molar-refractivity contribution is 0.742. The molecule has 15 heavy (non-hydrogen) atoms. The maximum absolute atomic E-state index is 3.91. The van der Waals surface area contributed by atoms with Crippen LogP contribution < -0.4 is 0 Å². The van der Waals surface area contributed by atoms with Gasteiger partial charge in [-0.3, -0.25) is 0 Å². The molecule has 1 aliphatic rings. The van der Waals surface area contributed by atoms with E-state index in [1.165, 1.54) is 0 Å². The zero-order valence-electron chi connectivity index (χ0n) is 10.5. The van der Waals surface area contributed by atoms with Crippen LogP contribution in [-0.2, 0) is 0 Å². The average Bonchev–Trinajstić information content (AvgIpc) is 2.17. The van der Waals surface area contributed by atoms with E-state index in [0.717, 1.165) is 12.8 Å². The highest BCUT2D eigenvalue weighted by Gasteiger charge is 2.37. The molecule has 84 valence electrons. The summed E-state index contributed by atoms with van der Waals surface area (Å²) in [7, 11) is -0.0748. The summed E-state index contributed by atoms with van der Waals surface area (Å²) in [6.45, 7) is 13.4. The van der Waals surface area contributed by atoms with Gasteiger partial charge in [-0.15, -0.1) is 6.58 Å². The highest BCUT2D eigenvalue weighted by Crippen LogP contribution is 2.60. The molecule has 0 N–H and O–H groups in total. The van der Waals surface area contributed by atoms with Crippen molar-refractivity contribution in [3.05, 3.63) is 37.0 Å². The van der Waals surface area contributed by atoms with Crippen LogP contribution in [0.5, 0.6) is 0 Å². The molecule has 1 aliphatic carbocycles. The van der Waals surface area contributed by atoms with Crippen molar-refractivity contribution in [2.24, 2.45) is 0 Å². The lowest BCUT2D eigenvalue weighted by atomic mass is 9.98. The molecule has 0 aliphatic heterocycles. The van der Waals surface area contributed by atoms with E-state index in [2.05, 4.69) is 64.4 Å². The zero-order chi connectivity index (χ0) is 11.5. The van der Waals surface area contributed by atoms with Crippen LogP contribution >= 0.6 is 7.92 Å². The van der Waals surface area contributed by atoms with Gasteiger partial charge in [-0.25, -0.2) is 0 Å². The van der Waals surface area contributed by atoms with Crippen LogP contribution in [0.3, 0.4) is 0 Å². The highest BCUT2D eigenvalue weighted by atomic mass is 31.1. The molecule has 0 saturated heterocycles. The van der Waals surface area contributed by atoms with E-state index in [4.69, 9.17) is 0 Å². The topological polar surface area (TPSA) is 0 Å². The van der Waals surface area contributed by atoms with Gasteiger partial charge in [-0.1, -0.05) is 59.1 Å². The molecule has 1 unspecified atom stereocenters. The Morgan fingerprint density at radius 1 is 1.33 bits per heavy atom. The van der Waals surface area contributed by atoms with Crippen molar-refractivity contribution in [2.45, 2.75) is 43.9 Å². The van der Waals surface area contributed by atoms with E-state index < -0.39 is 0 Å². The number of rotatable bonds is 3. The second kappa shape index (κ2) is 4.66. The number of hydrogen-bond donors (Lipinski definition) is 0. The molecule has 1 rings (SSSR count). The first-order valence-corrected chi connectivity index (χ1v) is 7.41. The summed E-state index contributed by atoms with van der Waals surface area (Å²) in [5.74, 6) is 0. The standard InChI is InChI=1S/C14H23P/c1-6-10-14(11-8-7-9-12-14)15(5)13(2,3)4/h6,8-9,11-12H,1,7,10H2,2-5H3. The molecule has 0 aromatic rings.